The van der Waals surface area contributed by atoms with E-state index in [0.29, 0.717) is 0 Å². The Kier molecular flexibility index (Phi) is 6.41. The molecule has 1 amide bonds. The van der Waals surface area contributed by atoms with E-state index >= 15 is 0 Å². The zero-order chi connectivity index (χ0) is 19.2. The van der Waals surface area contributed by atoms with Crippen LogP contribution in [0.25, 0.3) is 11.3 Å². The van der Waals surface area contributed by atoms with Gasteiger partial charge in [0.1, 0.15) is 5.75 Å². The molecule has 1 atom stereocenters. The van der Waals surface area contributed by atoms with Gasteiger partial charge in [-0.25, -0.2) is 4.98 Å². The molecule has 1 heterocycles. The van der Waals surface area contributed by atoms with Crippen molar-refractivity contribution in [1.29, 1.82) is 0 Å². The Bertz CT molecular complexity index is 903. The highest BCUT2D eigenvalue weighted by Crippen LogP contribution is 2.32. The van der Waals surface area contributed by atoms with Crippen LogP contribution < -0.4 is 10.1 Å². The van der Waals surface area contributed by atoms with Gasteiger partial charge in [0.15, 0.2) is 4.34 Å². The summed E-state index contributed by atoms with van der Waals surface area (Å²) in [6.07, 6.45) is 0. The van der Waals surface area contributed by atoms with Gasteiger partial charge in [-0.05, 0) is 19.1 Å². The molecule has 4 nitrogen and oxygen atoms in total. The molecule has 0 aliphatic carbocycles. The van der Waals surface area contributed by atoms with Crippen molar-refractivity contribution in [1.82, 2.24) is 4.98 Å². The summed E-state index contributed by atoms with van der Waals surface area (Å²) >= 11 is 2.77. The SMILES string of the molecule is C[C@@H](Sc1nc(-c2ccccc2)cs1)C(=O)Nc1ccccc1OC(F)F. The summed E-state index contributed by atoms with van der Waals surface area (Å²) in [6.45, 7) is -1.22. The van der Waals surface area contributed by atoms with Crippen molar-refractivity contribution < 1.29 is 18.3 Å². The van der Waals surface area contributed by atoms with Gasteiger partial charge in [-0.2, -0.15) is 8.78 Å². The number of alkyl halides is 2. The number of benzene rings is 2. The molecule has 1 aromatic heterocycles. The van der Waals surface area contributed by atoms with Gasteiger partial charge in [-0.15, -0.1) is 11.3 Å². The Hall–Kier alpha value is -2.45. The second kappa shape index (κ2) is 8.96. The smallest absolute Gasteiger partial charge is 0.387 e. The first kappa shape index (κ1) is 19.3. The lowest BCUT2D eigenvalue weighted by Crippen LogP contribution is -2.23. The van der Waals surface area contributed by atoms with E-state index in [1.54, 1.807) is 19.1 Å². The number of anilines is 1. The Labute approximate surface area is 163 Å². The van der Waals surface area contributed by atoms with Crippen molar-refractivity contribution in [2.75, 3.05) is 5.32 Å². The highest BCUT2D eigenvalue weighted by molar-refractivity contribution is 8.02. The number of ether oxygens (including phenoxy) is 1. The maximum atomic E-state index is 12.5. The van der Waals surface area contributed by atoms with Crippen LogP contribution in [0.1, 0.15) is 6.92 Å². The summed E-state index contributed by atoms with van der Waals surface area (Å²) < 4.78 is 30.2. The first-order valence-electron chi connectivity index (χ1n) is 8.05. The van der Waals surface area contributed by atoms with Gasteiger partial charge in [-0.3, -0.25) is 4.79 Å². The zero-order valence-corrected chi connectivity index (χ0v) is 15.9. The van der Waals surface area contributed by atoms with Gasteiger partial charge in [-0.1, -0.05) is 54.2 Å². The monoisotopic (exact) mass is 406 g/mol. The Balaban J connectivity index is 1.64. The van der Waals surface area contributed by atoms with Crippen LogP contribution in [0.15, 0.2) is 64.3 Å². The molecule has 27 heavy (non-hydrogen) atoms. The molecule has 0 fully saturated rings. The molecule has 3 aromatic rings. The molecule has 0 aliphatic rings. The highest BCUT2D eigenvalue weighted by atomic mass is 32.2. The fourth-order valence-electron chi connectivity index (χ4n) is 2.26. The summed E-state index contributed by atoms with van der Waals surface area (Å²) in [6, 6.07) is 15.9. The van der Waals surface area contributed by atoms with Gasteiger partial charge < -0.3 is 10.1 Å². The van der Waals surface area contributed by atoms with Crippen molar-refractivity contribution in [2.24, 2.45) is 0 Å². The standard InChI is InChI=1S/C19H16F2N2O2S2/c1-12(17(24)22-14-9-5-6-10-16(14)25-18(20)21)27-19-23-15(11-26-19)13-7-3-2-4-8-13/h2-12,18H,1H3,(H,22,24)/t12-/m1/s1. The van der Waals surface area contributed by atoms with E-state index in [9.17, 15) is 13.6 Å². The summed E-state index contributed by atoms with van der Waals surface area (Å²) in [4.78, 5) is 17.0. The van der Waals surface area contributed by atoms with Crippen molar-refractivity contribution in [3.05, 3.63) is 60.0 Å². The Morgan fingerprint density at radius 1 is 1.15 bits per heavy atom. The average Bonchev–Trinajstić information content (AvgIpc) is 3.12. The molecule has 0 radical (unpaired) electrons. The molecule has 0 saturated carbocycles. The number of amides is 1. The Morgan fingerprint density at radius 2 is 1.85 bits per heavy atom. The molecule has 1 N–H and O–H groups in total. The molecule has 140 valence electrons. The second-order valence-electron chi connectivity index (χ2n) is 5.49. The maximum Gasteiger partial charge on any atom is 0.387 e. The third kappa shape index (κ3) is 5.27. The van der Waals surface area contributed by atoms with E-state index in [1.165, 1.54) is 35.2 Å². The summed E-state index contributed by atoms with van der Waals surface area (Å²) in [5.74, 6) is -0.388. The fourth-order valence-corrected chi connectivity index (χ4v) is 4.23. The number of nitrogens with one attached hydrogen (secondary N) is 1. The molecule has 8 heteroatoms. The second-order valence-corrected chi connectivity index (χ2v) is 7.93. The molecule has 2 aromatic carbocycles. The molecular formula is C19H16F2N2O2S2. The van der Waals surface area contributed by atoms with Gasteiger partial charge >= 0.3 is 6.61 Å². The van der Waals surface area contributed by atoms with Crippen molar-refractivity contribution in [2.45, 2.75) is 23.1 Å². The van der Waals surface area contributed by atoms with Crippen LogP contribution in [0.3, 0.4) is 0 Å². The summed E-state index contributed by atoms with van der Waals surface area (Å²) in [5.41, 5.74) is 2.07. The quantitative estimate of drug-likeness (QED) is 0.524. The van der Waals surface area contributed by atoms with E-state index < -0.39 is 11.9 Å². The number of carbonyl (C=O) groups excluding carboxylic acids is 1. The zero-order valence-electron chi connectivity index (χ0n) is 14.3. The van der Waals surface area contributed by atoms with Crippen LogP contribution in [0, 0.1) is 0 Å². The van der Waals surface area contributed by atoms with Crippen molar-refractivity contribution in [3.63, 3.8) is 0 Å². The van der Waals surface area contributed by atoms with Gasteiger partial charge in [0, 0.05) is 10.9 Å². The maximum absolute atomic E-state index is 12.5. The van der Waals surface area contributed by atoms with Crippen LogP contribution in [-0.2, 0) is 4.79 Å². The predicted octanol–water partition coefficient (Wildman–Crippen LogP) is 5.53. The number of rotatable bonds is 7. The van der Waals surface area contributed by atoms with Crippen LogP contribution in [0.2, 0.25) is 0 Å². The molecule has 3 rings (SSSR count). The number of halogens is 2. The van der Waals surface area contributed by atoms with E-state index in [4.69, 9.17) is 0 Å². The average molecular weight is 406 g/mol. The number of hydrogen-bond donors (Lipinski definition) is 1. The fraction of sp³-hybridized carbons (Fsp3) is 0.158. The number of thiazole rings is 1. The van der Waals surface area contributed by atoms with Crippen LogP contribution in [-0.4, -0.2) is 22.8 Å². The molecule has 0 aliphatic heterocycles. The number of thioether (sulfide) groups is 1. The first-order valence-corrected chi connectivity index (χ1v) is 9.81. The molecular weight excluding hydrogens is 390 g/mol. The lowest BCUT2D eigenvalue weighted by Gasteiger charge is -2.14. The number of hydrogen-bond acceptors (Lipinski definition) is 5. The third-order valence-electron chi connectivity index (χ3n) is 3.56. The van der Waals surface area contributed by atoms with Crippen molar-refractivity contribution >= 4 is 34.7 Å². The van der Waals surface area contributed by atoms with E-state index in [-0.39, 0.29) is 17.3 Å². The number of aromatic nitrogens is 1. The topological polar surface area (TPSA) is 51.2 Å². The minimum Gasteiger partial charge on any atom is -0.433 e. The summed E-state index contributed by atoms with van der Waals surface area (Å²) in [7, 11) is 0. The third-order valence-corrected chi connectivity index (χ3v) is 5.63. The summed E-state index contributed by atoms with van der Waals surface area (Å²) in [5, 5.41) is 4.11. The molecule has 0 spiro atoms. The molecule has 0 saturated heterocycles. The minimum atomic E-state index is -2.96. The first-order chi connectivity index (χ1) is 13.0. The van der Waals surface area contributed by atoms with Gasteiger partial charge in [0.05, 0.1) is 16.6 Å². The van der Waals surface area contributed by atoms with Crippen LogP contribution >= 0.6 is 23.1 Å². The highest BCUT2D eigenvalue weighted by Gasteiger charge is 2.19. The van der Waals surface area contributed by atoms with E-state index in [1.807, 2.05) is 35.7 Å². The lowest BCUT2D eigenvalue weighted by molar-refractivity contribution is -0.115. The molecule has 0 unspecified atom stereocenters. The molecule has 0 bridgehead atoms. The Morgan fingerprint density at radius 3 is 2.59 bits per heavy atom. The van der Waals surface area contributed by atoms with Gasteiger partial charge in [0.2, 0.25) is 5.91 Å². The van der Waals surface area contributed by atoms with E-state index in [0.717, 1.165) is 15.6 Å². The van der Waals surface area contributed by atoms with Gasteiger partial charge in [0.25, 0.3) is 0 Å². The predicted molar refractivity (Wildman–Crippen MR) is 105 cm³/mol. The number of para-hydroxylation sites is 2. The van der Waals surface area contributed by atoms with Crippen LogP contribution in [0.4, 0.5) is 14.5 Å². The van der Waals surface area contributed by atoms with E-state index in [2.05, 4.69) is 15.0 Å². The number of carbonyl (C=O) groups is 1. The lowest BCUT2D eigenvalue weighted by atomic mass is 10.2. The normalized spacial score (nSPS) is 12.0. The number of nitrogens with zero attached hydrogens (tertiary/aromatic N) is 1. The van der Waals surface area contributed by atoms with Crippen molar-refractivity contribution in [3.8, 4) is 17.0 Å². The largest absolute Gasteiger partial charge is 0.433 e. The van der Waals surface area contributed by atoms with Crippen LogP contribution in [0.5, 0.6) is 5.75 Å². The minimum absolute atomic E-state index is 0.0707.